The number of aliphatic hydroxyl groups is 1. The number of halogens is 1. The van der Waals surface area contributed by atoms with Gasteiger partial charge >= 0.3 is 5.97 Å². The summed E-state index contributed by atoms with van der Waals surface area (Å²) in [6.45, 7) is 0. The molecule has 29 heavy (non-hydrogen) atoms. The standard InChI is InChI=1S/C24H23ClO3S/c25-20-11-13-21(14-12-20)29-23(22(26)6-3-7-24(27)28)15-9-17-8-10-18-4-1-2-5-19(18)16-17/h1-2,4-5,8-16,22-23,26H,3,6-7H2,(H,27,28)/b15-9+/t22-,23+/m1/s1. The highest BCUT2D eigenvalue weighted by Crippen LogP contribution is 2.30. The Labute approximate surface area is 180 Å². The minimum absolute atomic E-state index is 0.0593. The number of rotatable bonds is 9. The zero-order chi connectivity index (χ0) is 20.6. The second-order valence-corrected chi connectivity index (χ2v) is 8.54. The quantitative estimate of drug-likeness (QED) is 0.395. The average molecular weight is 427 g/mol. The maximum Gasteiger partial charge on any atom is 0.303 e. The Morgan fingerprint density at radius 3 is 2.48 bits per heavy atom. The zero-order valence-corrected chi connectivity index (χ0v) is 17.4. The number of thioether (sulfide) groups is 1. The smallest absolute Gasteiger partial charge is 0.303 e. The number of aliphatic carboxylic acids is 1. The molecule has 0 heterocycles. The van der Waals surface area contributed by atoms with Crippen molar-refractivity contribution < 1.29 is 15.0 Å². The van der Waals surface area contributed by atoms with Gasteiger partial charge in [-0.3, -0.25) is 4.79 Å². The maximum absolute atomic E-state index is 10.8. The fourth-order valence-electron chi connectivity index (χ4n) is 3.06. The van der Waals surface area contributed by atoms with Crippen molar-refractivity contribution in [1.29, 1.82) is 0 Å². The summed E-state index contributed by atoms with van der Waals surface area (Å²) in [7, 11) is 0. The Bertz CT molecular complexity index is 985. The Morgan fingerprint density at radius 1 is 1.03 bits per heavy atom. The Morgan fingerprint density at radius 2 is 1.76 bits per heavy atom. The molecule has 0 aliphatic heterocycles. The topological polar surface area (TPSA) is 57.5 Å². The third-order valence-corrected chi connectivity index (χ3v) is 6.15. The van der Waals surface area contributed by atoms with Crippen LogP contribution in [0.4, 0.5) is 0 Å². The summed E-state index contributed by atoms with van der Waals surface area (Å²) < 4.78 is 0. The Hall–Kier alpha value is -2.27. The number of hydrogen-bond acceptors (Lipinski definition) is 3. The summed E-state index contributed by atoms with van der Waals surface area (Å²) in [6, 6.07) is 21.9. The number of carbonyl (C=O) groups is 1. The van der Waals surface area contributed by atoms with E-state index in [0.717, 1.165) is 10.5 Å². The fourth-order valence-corrected chi connectivity index (χ4v) is 4.24. The van der Waals surface area contributed by atoms with Crippen LogP contribution in [0.15, 0.2) is 77.7 Å². The molecular formula is C24H23ClO3S. The summed E-state index contributed by atoms with van der Waals surface area (Å²) in [5.74, 6) is -0.842. The van der Waals surface area contributed by atoms with Gasteiger partial charge in [-0.25, -0.2) is 0 Å². The van der Waals surface area contributed by atoms with Crippen molar-refractivity contribution in [2.45, 2.75) is 35.5 Å². The predicted octanol–water partition coefficient (Wildman–Crippen LogP) is 6.28. The van der Waals surface area contributed by atoms with Gasteiger partial charge in [0.25, 0.3) is 0 Å². The fraction of sp³-hybridized carbons (Fsp3) is 0.208. The van der Waals surface area contributed by atoms with Gasteiger partial charge in [0.2, 0.25) is 0 Å². The summed E-state index contributed by atoms with van der Waals surface area (Å²) in [5, 5.41) is 22.4. The highest BCUT2D eigenvalue weighted by atomic mass is 35.5. The second-order valence-electron chi connectivity index (χ2n) is 6.86. The molecule has 0 unspecified atom stereocenters. The number of aliphatic hydroxyl groups excluding tert-OH is 1. The molecule has 3 rings (SSSR count). The largest absolute Gasteiger partial charge is 0.481 e. The van der Waals surface area contributed by atoms with E-state index in [4.69, 9.17) is 16.7 Å². The number of hydrogen-bond donors (Lipinski definition) is 2. The van der Waals surface area contributed by atoms with Crippen LogP contribution in [-0.4, -0.2) is 27.5 Å². The van der Waals surface area contributed by atoms with Gasteiger partial charge in [-0.15, -0.1) is 11.8 Å². The van der Waals surface area contributed by atoms with Gasteiger partial charge in [-0.2, -0.15) is 0 Å². The van der Waals surface area contributed by atoms with Gasteiger partial charge < -0.3 is 10.2 Å². The van der Waals surface area contributed by atoms with Crippen LogP contribution in [0.3, 0.4) is 0 Å². The number of benzene rings is 3. The lowest BCUT2D eigenvalue weighted by Gasteiger charge is -2.19. The molecule has 150 valence electrons. The minimum atomic E-state index is -0.842. The van der Waals surface area contributed by atoms with Gasteiger partial charge in [-0.1, -0.05) is 60.2 Å². The van der Waals surface area contributed by atoms with Gasteiger partial charge in [-0.05, 0) is 59.5 Å². The molecule has 0 bridgehead atoms. The number of fused-ring (bicyclic) bond motifs is 1. The number of carboxylic acids is 1. The highest BCUT2D eigenvalue weighted by Gasteiger charge is 2.18. The molecule has 5 heteroatoms. The van der Waals surface area contributed by atoms with Crippen molar-refractivity contribution in [3.63, 3.8) is 0 Å². The van der Waals surface area contributed by atoms with Crippen molar-refractivity contribution in [3.05, 3.63) is 83.4 Å². The Balaban J connectivity index is 1.77. The lowest BCUT2D eigenvalue weighted by Crippen LogP contribution is -2.21. The van der Waals surface area contributed by atoms with Gasteiger partial charge in [0.15, 0.2) is 0 Å². The van der Waals surface area contributed by atoms with Crippen LogP contribution in [0.1, 0.15) is 24.8 Å². The molecule has 2 atom stereocenters. The first kappa shape index (κ1) is 21.4. The average Bonchev–Trinajstić information content (AvgIpc) is 2.72. The van der Waals surface area contributed by atoms with E-state index in [0.29, 0.717) is 17.9 Å². The minimum Gasteiger partial charge on any atom is -0.481 e. The molecule has 3 aromatic rings. The lowest BCUT2D eigenvalue weighted by atomic mass is 10.0. The molecule has 3 aromatic carbocycles. The summed E-state index contributed by atoms with van der Waals surface area (Å²) >= 11 is 7.51. The highest BCUT2D eigenvalue weighted by molar-refractivity contribution is 8.00. The molecule has 0 aromatic heterocycles. The van der Waals surface area contributed by atoms with Crippen LogP contribution in [0, 0.1) is 0 Å². The zero-order valence-electron chi connectivity index (χ0n) is 15.9. The first-order valence-electron chi connectivity index (χ1n) is 9.50. The van der Waals surface area contributed by atoms with E-state index >= 15 is 0 Å². The van der Waals surface area contributed by atoms with Crippen molar-refractivity contribution in [1.82, 2.24) is 0 Å². The molecule has 3 nitrogen and oxygen atoms in total. The van der Waals surface area contributed by atoms with Crippen LogP contribution in [-0.2, 0) is 4.79 Å². The molecule has 0 radical (unpaired) electrons. The third-order valence-electron chi connectivity index (χ3n) is 4.61. The maximum atomic E-state index is 10.8. The van der Waals surface area contributed by atoms with Crippen molar-refractivity contribution in [3.8, 4) is 0 Å². The molecular weight excluding hydrogens is 404 g/mol. The predicted molar refractivity (Wildman–Crippen MR) is 122 cm³/mol. The van der Waals surface area contributed by atoms with Gasteiger partial charge in [0.05, 0.1) is 11.4 Å². The van der Waals surface area contributed by atoms with Crippen LogP contribution in [0.5, 0.6) is 0 Å². The van der Waals surface area contributed by atoms with Crippen LogP contribution in [0.25, 0.3) is 16.8 Å². The number of carboxylic acid groups (broad SMARTS) is 1. The van der Waals surface area contributed by atoms with Crippen molar-refractivity contribution in [2.24, 2.45) is 0 Å². The SMILES string of the molecule is O=C(O)CCC[C@@H](O)[C@H](/C=C/c1ccc2ccccc2c1)Sc1ccc(Cl)cc1. The van der Waals surface area contributed by atoms with E-state index in [9.17, 15) is 9.90 Å². The molecule has 0 saturated heterocycles. The van der Waals surface area contributed by atoms with E-state index in [-0.39, 0.29) is 11.7 Å². The van der Waals surface area contributed by atoms with E-state index in [2.05, 4.69) is 30.3 Å². The molecule has 0 fully saturated rings. The molecule has 0 aliphatic carbocycles. The summed E-state index contributed by atoms with van der Waals surface area (Å²) in [5.41, 5.74) is 1.06. The first-order valence-corrected chi connectivity index (χ1v) is 10.8. The van der Waals surface area contributed by atoms with E-state index < -0.39 is 12.1 Å². The molecule has 2 N–H and O–H groups in total. The molecule has 0 amide bonds. The Kier molecular flexibility index (Phi) is 7.76. The van der Waals surface area contributed by atoms with Crippen molar-refractivity contribution in [2.75, 3.05) is 0 Å². The van der Waals surface area contributed by atoms with E-state index in [1.54, 1.807) is 11.8 Å². The van der Waals surface area contributed by atoms with E-state index in [1.165, 1.54) is 10.8 Å². The van der Waals surface area contributed by atoms with E-state index in [1.807, 2.05) is 48.6 Å². The van der Waals surface area contributed by atoms with Gasteiger partial charge in [0, 0.05) is 16.3 Å². The lowest BCUT2D eigenvalue weighted by molar-refractivity contribution is -0.137. The first-order chi connectivity index (χ1) is 14.0. The van der Waals surface area contributed by atoms with Crippen molar-refractivity contribution >= 4 is 46.2 Å². The van der Waals surface area contributed by atoms with Crippen LogP contribution >= 0.6 is 23.4 Å². The molecule has 0 saturated carbocycles. The second kappa shape index (κ2) is 10.5. The summed E-state index contributed by atoms with van der Waals surface area (Å²) in [6.07, 6.45) is 4.29. The third kappa shape index (κ3) is 6.64. The monoisotopic (exact) mass is 426 g/mol. The van der Waals surface area contributed by atoms with Crippen LogP contribution in [0.2, 0.25) is 5.02 Å². The van der Waals surface area contributed by atoms with Crippen LogP contribution < -0.4 is 0 Å². The van der Waals surface area contributed by atoms with Gasteiger partial charge in [0.1, 0.15) is 0 Å². The molecule has 0 aliphatic rings. The molecule has 0 spiro atoms. The normalized spacial score (nSPS) is 13.6. The summed E-state index contributed by atoms with van der Waals surface area (Å²) in [4.78, 5) is 11.8.